The number of halogens is 2. The number of ether oxygens (including phenoxy) is 1. The summed E-state index contributed by atoms with van der Waals surface area (Å²) in [5, 5.41) is 7.05. The first-order valence-corrected chi connectivity index (χ1v) is 11.5. The molecule has 0 radical (unpaired) electrons. The molecule has 2 heterocycles. The van der Waals surface area contributed by atoms with E-state index in [4.69, 9.17) is 27.9 Å². The summed E-state index contributed by atoms with van der Waals surface area (Å²) in [6.07, 6.45) is 3.01. The maximum atomic E-state index is 13.4. The van der Waals surface area contributed by atoms with Crippen molar-refractivity contribution in [2.24, 2.45) is 16.7 Å². The molecular formula is C25H24ClFN6O2. The second-order valence-electron chi connectivity index (χ2n) is 8.75. The molecule has 1 saturated heterocycles. The van der Waals surface area contributed by atoms with E-state index in [1.165, 1.54) is 18.3 Å². The van der Waals surface area contributed by atoms with Gasteiger partial charge in [-0.05, 0) is 36.6 Å². The quantitative estimate of drug-likeness (QED) is 0.201. The molecule has 5 N–H and O–H groups in total. The first kappa shape index (κ1) is 22.9. The Hall–Kier alpha value is -3.85. The molecule has 0 atom stereocenters. The van der Waals surface area contributed by atoms with Gasteiger partial charge in [0, 0.05) is 17.8 Å². The highest BCUT2D eigenvalue weighted by atomic mass is 35.5. The zero-order valence-corrected chi connectivity index (χ0v) is 19.5. The molecule has 1 aliphatic carbocycles. The Kier molecular flexibility index (Phi) is 5.94. The van der Waals surface area contributed by atoms with Gasteiger partial charge in [0.2, 0.25) is 0 Å². The molecule has 2 aromatic carbocycles. The molecule has 1 aliphatic heterocycles. The zero-order chi connectivity index (χ0) is 24.6. The Morgan fingerprint density at radius 1 is 1.20 bits per heavy atom. The lowest BCUT2D eigenvalue weighted by Crippen LogP contribution is -2.55. The van der Waals surface area contributed by atoms with E-state index in [-0.39, 0.29) is 23.7 Å². The van der Waals surface area contributed by atoms with Crippen molar-refractivity contribution in [3.05, 3.63) is 88.3 Å². The highest BCUT2D eigenvalue weighted by Gasteiger charge is 2.46. The van der Waals surface area contributed by atoms with Crippen LogP contribution < -0.4 is 26.5 Å². The Morgan fingerprint density at radius 3 is 2.60 bits per heavy atom. The van der Waals surface area contributed by atoms with Gasteiger partial charge in [0.15, 0.2) is 0 Å². The number of hydrogen-bond acceptors (Lipinski definition) is 6. The third-order valence-electron chi connectivity index (χ3n) is 6.30. The minimum absolute atomic E-state index is 0.136. The molecule has 2 fully saturated rings. The van der Waals surface area contributed by atoms with Crippen LogP contribution in [0.1, 0.15) is 34.3 Å². The summed E-state index contributed by atoms with van der Waals surface area (Å²) >= 11 is 6.19. The van der Waals surface area contributed by atoms with E-state index in [0.717, 1.165) is 18.4 Å². The van der Waals surface area contributed by atoms with Crippen molar-refractivity contribution in [3.8, 4) is 5.75 Å². The molecule has 35 heavy (non-hydrogen) atoms. The topological polar surface area (TPSA) is 119 Å². The van der Waals surface area contributed by atoms with Gasteiger partial charge in [-0.3, -0.25) is 4.79 Å². The summed E-state index contributed by atoms with van der Waals surface area (Å²) in [6.45, 7) is 1.03. The Balaban J connectivity index is 1.29. The minimum atomic E-state index is -0.457. The summed E-state index contributed by atoms with van der Waals surface area (Å²) in [5.74, 6) is 5.89. The van der Waals surface area contributed by atoms with Gasteiger partial charge in [-0.2, -0.15) is 5.10 Å². The fraction of sp³-hybridized carbons (Fsp3) is 0.240. The molecule has 1 amide bonds. The second kappa shape index (κ2) is 9.07. The van der Waals surface area contributed by atoms with Crippen LogP contribution >= 0.6 is 11.6 Å². The van der Waals surface area contributed by atoms with Crippen molar-refractivity contribution >= 4 is 29.2 Å². The van der Waals surface area contributed by atoms with E-state index in [2.05, 4.69) is 15.4 Å². The Labute approximate surface area is 206 Å². The minimum Gasteiger partial charge on any atom is -0.487 e. The van der Waals surface area contributed by atoms with Gasteiger partial charge in [0.05, 0.1) is 29.2 Å². The number of aromatic nitrogens is 1. The molecule has 0 unspecified atom stereocenters. The van der Waals surface area contributed by atoms with Crippen molar-refractivity contribution in [1.29, 1.82) is 0 Å². The Bertz CT molecular complexity index is 1290. The monoisotopic (exact) mass is 494 g/mol. The number of amidine groups is 1. The van der Waals surface area contributed by atoms with Crippen LogP contribution in [0, 0.1) is 5.82 Å². The van der Waals surface area contributed by atoms with E-state index in [9.17, 15) is 9.18 Å². The van der Waals surface area contributed by atoms with Crippen LogP contribution in [0.4, 0.5) is 10.2 Å². The number of hydrogen-bond donors (Lipinski definition) is 3. The number of nitrogens with one attached hydrogen (secondary N) is 1. The van der Waals surface area contributed by atoms with Crippen LogP contribution in [0.5, 0.6) is 5.75 Å². The normalized spacial score (nSPS) is 17.0. The number of carbonyl (C=O) groups is 1. The van der Waals surface area contributed by atoms with Gasteiger partial charge in [0.1, 0.15) is 29.3 Å². The molecule has 0 spiro atoms. The lowest BCUT2D eigenvalue weighted by atomic mass is 10.0. The van der Waals surface area contributed by atoms with Crippen LogP contribution in [0.2, 0.25) is 5.02 Å². The molecule has 5 rings (SSSR count). The van der Waals surface area contributed by atoms with Gasteiger partial charge >= 0.3 is 0 Å². The summed E-state index contributed by atoms with van der Waals surface area (Å²) in [7, 11) is 0. The summed E-state index contributed by atoms with van der Waals surface area (Å²) < 4.78 is 19.3. The van der Waals surface area contributed by atoms with E-state index < -0.39 is 5.54 Å². The van der Waals surface area contributed by atoms with Crippen LogP contribution in [-0.2, 0) is 5.54 Å². The van der Waals surface area contributed by atoms with Crippen molar-refractivity contribution in [2.45, 2.75) is 24.5 Å². The van der Waals surface area contributed by atoms with E-state index in [0.29, 0.717) is 40.8 Å². The molecule has 10 heteroatoms. The van der Waals surface area contributed by atoms with Crippen molar-refractivity contribution < 1.29 is 13.9 Å². The highest BCUT2D eigenvalue weighted by molar-refractivity contribution is 6.31. The number of benzene rings is 2. The summed E-state index contributed by atoms with van der Waals surface area (Å²) in [4.78, 5) is 19.7. The molecule has 0 bridgehead atoms. The second-order valence-corrected chi connectivity index (χ2v) is 9.19. The van der Waals surface area contributed by atoms with Gasteiger partial charge in [0.25, 0.3) is 5.91 Å². The Morgan fingerprint density at radius 2 is 1.94 bits per heavy atom. The number of carbonyl (C=O) groups excluding carboxylic acids is 1. The predicted molar refractivity (Wildman–Crippen MR) is 132 cm³/mol. The van der Waals surface area contributed by atoms with E-state index in [1.807, 2.05) is 29.2 Å². The number of hydrazone groups is 1. The maximum absolute atomic E-state index is 13.4. The molecule has 1 aromatic heterocycles. The standard InChI is InChI=1S/C25H24ClFN6O2/c26-17-10-21(23(30-12-17)33-13-20(14-33)35-19-3-1-2-18(27)11-19)24(34)31-25(8-9-25)16-6-4-15(5-7-16)22(28)32-29/h1-7,10-12,20H,8-9,13-14,29H2,(H2,28,32)(H,31,34). The molecule has 3 aromatic rings. The SMILES string of the molecule is N/N=C(\N)c1ccc(C2(NC(=O)c3cc(Cl)cnc3N3CC(Oc4cccc(F)c4)C3)CC2)cc1. The van der Waals surface area contributed by atoms with Gasteiger partial charge < -0.3 is 26.5 Å². The van der Waals surface area contributed by atoms with Crippen molar-refractivity contribution in [2.75, 3.05) is 18.0 Å². The fourth-order valence-electron chi connectivity index (χ4n) is 4.20. The highest BCUT2D eigenvalue weighted by Crippen LogP contribution is 2.46. The molecule has 180 valence electrons. The van der Waals surface area contributed by atoms with Crippen LogP contribution in [-0.4, -0.2) is 35.9 Å². The van der Waals surface area contributed by atoms with Crippen LogP contribution in [0.3, 0.4) is 0 Å². The zero-order valence-electron chi connectivity index (χ0n) is 18.7. The summed E-state index contributed by atoms with van der Waals surface area (Å²) in [5.41, 5.74) is 7.40. The maximum Gasteiger partial charge on any atom is 0.255 e. The number of nitrogens with two attached hydrogens (primary N) is 2. The average Bonchev–Trinajstić information content (AvgIpc) is 3.61. The fourth-order valence-corrected chi connectivity index (χ4v) is 4.36. The van der Waals surface area contributed by atoms with Crippen molar-refractivity contribution in [1.82, 2.24) is 10.3 Å². The van der Waals surface area contributed by atoms with Crippen LogP contribution in [0.25, 0.3) is 0 Å². The number of anilines is 1. The van der Waals surface area contributed by atoms with E-state index in [1.54, 1.807) is 18.2 Å². The third-order valence-corrected chi connectivity index (χ3v) is 6.51. The van der Waals surface area contributed by atoms with Gasteiger partial charge in [-0.25, -0.2) is 9.37 Å². The van der Waals surface area contributed by atoms with Crippen molar-refractivity contribution in [3.63, 3.8) is 0 Å². The predicted octanol–water partition coefficient (Wildman–Crippen LogP) is 3.14. The molecular weight excluding hydrogens is 471 g/mol. The summed E-state index contributed by atoms with van der Waals surface area (Å²) in [6, 6.07) is 15.2. The number of rotatable bonds is 7. The number of amides is 1. The lowest BCUT2D eigenvalue weighted by molar-refractivity contribution is 0.0929. The first-order chi connectivity index (χ1) is 16.9. The van der Waals surface area contributed by atoms with Crippen LogP contribution in [0.15, 0.2) is 65.9 Å². The van der Waals surface area contributed by atoms with Gasteiger partial charge in [-0.1, -0.05) is 41.9 Å². The first-order valence-electron chi connectivity index (χ1n) is 11.2. The smallest absolute Gasteiger partial charge is 0.255 e. The number of nitrogens with zero attached hydrogens (tertiary/aromatic N) is 3. The molecule has 2 aliphatic rings. The number of pyridine rings is 1. The molecule has 8 nitrogen and oxygen atoms in total. The largest absolute Gasteiger partial charge is 0.487 e. The molecule has 1 saturated carbocycles. The van der Waals surface area contributed by atoms with Gasteiger partial charge in [-0.15, -0.1) is 0 Å². The van der Waals surface area contributed by atoms with E-state index >= 15 is 0 Å². The third kappa shape index (κ3) is 4.72. The average molecular weight is 495 g/mol. The lowest BCUT2D eigenvalue weighted by Gasteiger charge is -2.40.